The summed E-state index contributed by atoms with van der Waals surface area (Å²) in [6.45, 7) is 4.40. The number of thiazole rings is 1. The Balaban J connectivity index is 2.11. The van der Waals surface area contributed by atoms with Crippen molar-refractivity contribution >= 4 is 17.1 Å². The van der Waals surface area contributed by atoms with Gasteiger partial charge in [0.2, 0.25) is 0 Å². The molecule has 1 atom stereocenters. The summed E-state index contributed by atoms with van der Waals surface area (Å²) < 4.78 is 0. The van der Waals surface area contributed by atoms with Gasteiger partial charge < -0.3 is 10.6 Å². The van der Waals surface area contributed by atoms with Crippen LogP contribution < -0.4 is 10.6 Å². The van der Waals surface area contributed by atoms with Crippen molar-refractivity contribution in [2.45, 2.75) is 13.0 Å². The van der Waals surface area contributed by atoms with Crippen molar-refractivity contribution in [3.05, 3.63) is 16.1 Å². The fourth-order valence-electron chi connectivity index (χ4n) is 1.44. The third-order valence-electron chi connectivity index (χ3n) is 2.22. The Bertz CT molecular complexity index is 331. The Morgan fingerprint density at radius 1 is 1.64 bits per heavy atom. The molecule has 5 heteroatoms. The van der Waals surface area contributed by atoms with E-state index in [9.17, 15) is 4.79 Å². The molecule has 1 fully saturated rings. The van der Waals surface area contributed by atoms with Gasteiger partial charge in [0.1, 0.15) is 10.7 Å². The first kappa shape index (κ1) is 9.76. The van der Waals surface area contributed by atoms with Crippen molar-refractivity contribution in [2.75, 3.05) is 19.6 Å². The maximum atomic E-state index is 11.0. The van der Waals surface area contributed by atoms with Gasteiger partial charge in [-0.3, -0.25) is 4.79 Å². The van der Waals surface area contributed by atoms with Crippen molar-refractivity contribution in [1.29, 1.82) is 0 Å². The van der Waals surface area contributed by atoms with Crippen molar-refractivity contribution in [3.8, 4) is 0 Å². The van der Waals surface area contributed by atoms with E-state index in [1.54, 1.807) is 18.3 Å². The zero-order valence-electron chi connectivity index (χ0n) is 8.04. The molecular formula is C9H13N3OS. The average Bonchev–Trinajstić information content (AvgIpc) is 2.68. The van der Waals surface area contributed by atoms with E-state index >= 15 is 0 Å². The third kappa shape index (κ3) is 2.00. The van der Waals surface area contributed by atoms with Crippen LogP contribution in [-0.2, 0) is 0 Å². The van der Waals surface area contributed by atoms with Crippen molar-refractivity contribution in [2.24, 2.45) is 0 Å². The quantitative estimate of drug-likeness (QED) is 0.703. The Morgan fingerprint density at radius 2 is 2.50 bits per heavy atom. The normalized spacial score (nSPS) is 22.2. The third-order valence-corrected chi connectivity index (χ3v) is 3.18. The van der Waals surface area contributed by atoms with Gasteiger partial charge in [0.15, 0.2) is 5.78 Å². The molecule has 14 heavy (non-hydrogen) atoms. The van der Waals surface area contributed by atoms with Crippen LogP contribution in [0.4, 0.5) is 0 Å². The number of nitrogens with zero attached hydrogens (tertiary/aromatic N) is 1. The number of Topliss-reactive ketones (excluding diaryl/α,β-unsaturated/α-hetero) is 1. The number of hydrogen-bond donors (Lipinski definition) is 2. The van der Waals surface area contributed by atoms with E-state index in [0.29, 0.717) is 5.69 Å². The molecule has 1 aromatic rings. The summed E-state index contributed by atoms with van der Waals surface area (Å²) in [4.78, 5) is 15.3. The van der Waals surface area contributed by atoms with Crippen LogP contribution in [0.1, 0.15) is 28.5 Å². The van der Waals surface area contributed by atoms with Crippen LogP contribution >= 0.6 is 11.3 Å². The summed E-state index contributed by atoms with van der Waals surface area (Å²) in [6, 6.07) is 0.266. The van der Waals surface area contributed by atoms with Gasteiger partial charge in [0.25, 0.3) is 0 Å². The molecule has 0 aliphatic carbocycles. The van der Waals surface area contributed by atoms with Gasteiger partial charge in [0, 0.05) is 31.9 Å². The zero-order chi connectivity index (χ0) is 9.97. The molecule has 0 spiro atoms. The molecule has 0 amide bonds. The van der Waals surface area contributed by atoms with Gasteiger partial charge in [-0.1, -0.05) is 0 Å². The molecule has 1 saturated heterocycles. The van der Waals surface area contributed by atoms with Gasteiger partial charge in [-0.2, -0.15) is 0 Å². The van der Waals surface area contributed by atoms with Gasteiger partial charge in [-0.05, 0) is 0 Å². The average molecular weight is 211 g/mol. The molecule has 0 bridgehead atoms. The van der Waals surface area contributed by atoms with E-state index < -0.39 is 0 Å². The molecule has 4 nitrogen and oxygen atoms in total. The highest BCUT2D eigenvalue weighted by Crippen LogP contribution is 2.18. The number of carbonyl (C=O) groups is 1. The zero-order valence-corrected chi connectivity index (χ0v) is 8.86. The molecule has 1 aliphatic rings. The minimum Gasteiger partial charge on any atom is -0.313 e. The van der Waals surface area contributed by atoms with E-state index in [1.165, 1.54) is 0 Å². The summed E-state index contributed by atoms with van der Waals surface area (Å²) in [6.07, 6.45) is 0. The van der Waals surface area contributed by atoms with Crippen molar-refractivity contribution in [1.82, 2.24) is 15.6 Å². The predicted molar refractivity (Wildman–Crippen MR) is 55.7 cm³/mol. The fourth-order valence-corrected chi connectivity index (χ4v) is 2.37. The molecule has 2 heterocycles. The lowest BCUT2D eigenvalue weighted by molar-refractivity contribution is 0.101. The molecule has 0 aromatic carbocycles. The smallest absolute Gasteiger partial charge is 0.178 e. The Labute approximate surface area is 86.7 Å². The van der Waals surface area contributed by atoms with Crippen molar-refractivity contribution in [3.63, 3.8) is 0 Å². The van der Waals surface area contributed by atoms with Crippen LogP contribution in [0.2, 0.25) is 0 Å². The number of piperazine rings is 1. The summed E-state index contributed by atoms with van der Waals surface area (Å²) in [5.74, 6) is 0.0382. The van der Waals surface area contributed by atoms with E-state index in [4.69, 9.17) is 0 Å². The molecular weight excluding hydrogens is 198 g/mol. The minimum absolute atomic E-state index is 0.0382. The highest BCUT2D eigenvalue weighted by molar-refractivity contribution is 7.09. The summed E-state index contributed by atoms with van der Waals surface area (Å²) in [7, 11) is 0. The topological polar surface area (TPSA) is 54.0 Å². The lowest BCUT2D eigenvalue weighted by Gasteiger charge is -2.22. The van der Waals surface area contributed by atoms with Crippen molar-refractivity contribution < 1.29 is 4.79 Å². The van der Waals surface area contributed by atoms with Gasteiger partial charge in [-0.25, -0.2) is 4.98 Å². The monoisotopic (exact) mass is 211 g/mol. The second kappa shape index (κ2) is 4.16. The highest BCUT2D eigenvalue weighted by atomic mass is 32.1. The number of aromatic nitrogens is 1. The number of carbonyl (C=O) groups excluding carboxylic acids is 1. The lowest BCUT2D eigenvalue weighted by Crippen LogP contribution is -2.42. The number of rotatable bonds is 2. The lowest BCUT2D eigenvalue weighted by atomic mass is 10.2. The minimum atomic E-state index is 0.0382. The largest absolute Gasteiger partial charge is 0.313 e. The Morgan fingerprint density at radius 3 is 3.07 bits per heavy atom. The summed E-state index contributed by atoms with van der Waals surface area (Å²) in [5, 5.41) is 9.48. The van der Waals surface area contributed by atoms with Gasteiger partial charge in [-0.15, -0.1) is 11.3 Å². The van der Waals surface area contributed by atoms with Crippen LogP contribution in [0.3, 0.4) is 0 Å². The van der Waals surface area contributed by atoms with Crippen LogP contribution in [-0.4, -0.2) is 30.4 Å². The van der Waals surface area contributed by atoms with E-state index in [1.807, 2.05) is 5.38 Å². The van der Waals surface area contributed by atoms with Crippen LogP contribution in [0.5, 0.6) is 0 Å². The van der Waals surface area contributed by atoms with E-state index in [2.05, 4.69) is 15.6 Å². The molecule has 1 aromatic heterocycles. The molecule has 1 unspecified atom stereocenters. The van der Waals surface area contributed by atoms with Crippen LogP contribution in [0, 0.1) is 0 Å². The molecule has 1 aliphatic heterocycles. The van der Waals surface area contributed by atoms with Gasteiger partial charge in [0.05, 0.1) is 6.04 Å². The maximum Gasteiger partial charge on any atom is 0.178 e. The van der Waals surface area contributed by atoms with Crippen LogP contribution in [0.25, 0.3) is 0 Å². The first-order valence-electron chi connectivity index (χ1n) is 4.68. The number of nitrogens with one attached hydrogen (secondary N) is 2. The van der Waals surface area contributed by atoms with E-state index in [0.717, 1.165) is 24.6 Å². The molecule has 2 N–H and O–H groups in total. The first-order chi connectivity index (χ1) is 6.77. The van der Waals surface area contributed by atoms with E-state index in [-0.39, 0.29) is 11.8 Å². The maximum absolute atomic E-state index is 11.0. The first-order valence-corrected chi connectivity index (χ1v) is 5.56. The second-order valence-corrected chi connectivity index (χ2v) is 4.23. The Kier molecular flexibility index (Phi) is 2.90. The second-order valence-electron chi connectivity index (χ2n) is 3.34. The fraction of sp³-hybridized carbons (Fsp3) is 0.556. The summed E-state index contributed by atoms with van der Waals surface area (Å²) >= 11 is 1.55. The Hall–Kier alpha value is -0.780. The van der Waals surface area contributed by atoms with Crippen LogP contribution in [0.15, 0.2) is 5.38 Å². The highest BCUT2D eigenvalue weighted by Gasteiger charge is 2.18. The van der Waals surface area contributed by atoms with Gasteiger partial charge >= 0.3 is 0 Å². The number of hydrogen-bond acceptors (Lipinski definition) is 5. The SMILES string of the molecule is CC(=O)c1csc(C2CNCCN2)n1. The standard InChI is InChI=1S/C9H13N3OS/c1-6(13)8-5-14-9(12-8)7-4-10-2-3-11-7/h5,7,10-11H,2-4H2,1H3. The molecule has 76 valence electrons. The molecule has 0 saturated carbocycles. The predicted octanol–water partition coefficient (Wildman–Crippen LogP) is 0.580. The molecule has 2 rings (SSSR count). The number of ketones is 1. The summed E-state index contributed by atoms with van der Waals surface area (Å²) in [5.41, 5.74) is 0.581. The molecule has 0 radical (unpaired) electrons.